The predicted molar refractivity (Wildman–Crippen MR) is 69.2 cm³/mol. The third-order valence-corrected chi connectivity index (χ3v) is 3.10. The van der Waals surface area contributed by atoms with Crippen molar-refractivity contribution in [2.45, 2.75) is 25.7 Å². The number of hydrogen-bond acceptors (Lipinski definition) is 2. The largest absolute Gasteiger partial charge is 0.416 e. The molecule has 0 aromatic heterocycles. The standard InChI is InChI=1S/C12H15F3N2S/c1-8(11(16)18)17(2)7-9-4-3-5-10(6-9)12(13,14)15/h3-6,8H,7H2,1-2H3,(H2,16,18). The van der Waals surface area contributed by atoms with Crippen LogP contribution in [-0.2, 0) is 12.7 Å². The SMILES string of the molecule is CC(C(N)=S)N(C)Cc1cccc(C(F)(F)F)c1. The molecule has 100 valence electrons. The molecule has 1 atom stereocenters. The first-order chi connectivity index (χ1) is 8.21. The minimum atomic E-state index is -4.32. The minimum absolute atomic E-state index is 0.158. The maximum absolute atomic E-state index is 12.5. The quantitative estimate of drug-likeness (QED) is 0.857. The zero-order valence-electron chi connectivity index (χ0n) is 10.2. The van der Waals surface area contributed by atoms with Gasteiger partial charge in [0.25, 0.3) is 0 Å². The Labute approximate surface area is 110 Å². The van der Waals surface area contributed by atoms with Crippen LogP contribution in [0.4, 0.5) is 13.2 Å². The Hall–Kier alpha value is -1.14. The highest BCUT2D eigenvalue weighted by molar-refractivity contribution is 7.80. The molecule has 0 spiro atoms. The van der Waals surface area contributed by atoms with Gasteiger partial charge in [-0.05, 0) is 25.6 Å². The van der Waals surface area contributed by atoms with Crippen molar-refractivity contribution in [3.8, 4) is 0 Å². The molecule has 1 unspecified atom stereocenters. The minimum Gasteiger partial charge on any atom is -0.392 e. The first-order valence-corrected chi connectivity index (χ1v) is 5.78. The smallest absolute Gasteiger partial charge is 0.392 e. The summed E-state index contributed by atoms with van der Waals surface area (Å²) in [5.41, 5.74) is 5.44. The lowest BCUT2D eigenvalue weighted by Gasteiger charge is -2.23. The summed E-state index contributed by atoms with van der Waals surface area (Å²) in [5.74, 6) is 0. The molecule has 0 aliphatic heterocycles. The van der Waals surface area contributed by atoms with Gasteiger partial charge in [-0.15, -0.1) is 0 Å². The van der Waals surface area contributed by atoms with E-state index in [-0.39, 0.29) is 6.04 Å². The third kappa shape index (κ3) is 3.96. The molecule has 1 aromatic carbocycles. The van der Waals surface area contributed by atoms with E-state index in [9.17, 15) is 13.2 Å². The average molecular weight is 276 g/mol. The van der Waals surface area contributed by atoms with Gasteiger partial charge in [-0.25, -0.2) is 0 Å². The number of alkyl halides is 3. The highest BCUT2D eigenvalue weighted by Gasteiger charge is 2.30. The van der Waals surface area contributed by atoms with Crippen LogP contribution in [0, 0.1) is 0 Å². The van der Waals surface area contributed by atoms with E-state index in [1.165, 1.54) is 6.07 Å². The summed E-state index contributed by atoms with van der Waals surface area (Å²) in [6, 6.07) is 5.09. The van der Waals surface area contributed by atoms with Crippen LogP contribution in [0.25, 0.3) is 0 Å². The van der Waals surface area contributed by atoms with E-state index in [1.54, 1.807) is 18.0 Å². The lowest BCUT2D eigenvalue weighted by atomic mass is 10.1. The van der Waals surface area contributed by atoms with Crippen LogP contribution in [-0.4, -0.2) is 23.0 Å². The fourth-order valence-electron chi connectivity index (χ4n) is 1.49. The molecular weight excluding hydrogens is 261 g/mol. The Morgan fingerprint density at radius 1 is 1.44 bits per heavy atom. The van der Waals surface area contributed by atoms with Crippen LogP contribution in [0.3, 0.4) is 0 Å². The summed E-state index contributed by atoms with van der Waals surface area (Å²) in [6.07, 6.45) is -4.32. The van der Waals surface area contributed by atoms with Crippen molar-refractivity contribution < 1.29 is 13.2 Å². The van der Waals surface area contributed by atoms with Crippen molar-refractivity contribution >= 4 is 17.2 Å². The van der Waals surface area contributed by atoms with E-state index in [4.69, 9.17) is 18.0 Å². The summed E-state index contributed by atoms with van der Waals surface area (Å²) in [4.78, 5) is 2.13. The van der Waals surface area contributed by atoms with E-state index >= 15 is 0 Å². The number of nitrogens with two attached hydrogens (primary N) is 1. The number of thiocarbonyl (C=S) groups is 1. The molecule has 0 aliphatic carbocycles. The Balaban J connectivity index is 2.83. The van der Waals surface area contributed by atoms with Gasteiger partial charge in [0, 0.05) is 6.54 Å². The number of nitrogens with zero attached hydrogens (tertiary/aromatic N) is 1. The van der Waals surface area contributed by atoms with Gasteiger partial charge in [0.2, 0.25) is 0 Å². The summed E-state index contributed by atoms with van der Waals surface area (Å²) in [6.45, 7) is 2.18. The molecule has 18 heavy (non-hydrogen) atoms. The molecule has 0 saturated carbocycles. The number of likely N-dealkylation sites (N-methyl/N-ethyl adjacent to an activating group) is 1. The summed E-state index contributed by atoms with van der Waals surface area (Å²) >= 11 is 4.85. The van der Waals surface area contributed by atoms with Gasteiger partial charge >= 0.3 is 6.18 Å². The van der Waals surface area contributed by atoms with E-state index < -0.39 is 11.7 Å². The summed E-state index contributed by atoms with van der Waals surface area (Å²) in [5, 5.41) is 0. The first kappa shape index (κ1) is 14.9. The monoisotopic (exact) mass is 276 g/mol. The van der Waals surface area contributed by atoms with Crippen LogP contribution < -0.4 is 5.73 Å². The molecule has 1 rings (SSSR count). The summed E-state index contributed by atoms with van der Waals surface area (Å²) in [7, 11) is 1.77. The Kier molecular flexibility index (Phi) is 4.70. The number of halogens is 3. The highest BCUT2D eigenvalue weighted by Crippen LogP contribution is 2.29. The second-order valence-corrected chi connectivity index (χ2v) is 4.66. The fourth-order valence-corrected chi connectivity index (χ4v) is 1.67. The molecule has 0 amide bonds. The maximum Gasteiger partial charge on any atom is 0.416 e. The topological polar surface area (TPSA) is 29.3 Å². The Bertz CT molecular complexity index is 432. The van der Waals surface area contributed by atoms with Crippen LogP contribution in [0.5, 0.6) is 0 Å². The van der Waals surface area contributed by atoms with Gasteiger partial charge in [-0.2, -0.15) is 13.2 Å². The van der Waals surface area contributed by atoms with Crippen LogP contribution in [0.2, 0.25) is 0 Å². The maximum atomic E-state index is 12.5. The zero-order valence-corrected chi connectivity index (χ0v) is 11.0. The van der Waals surface area contributed by atoms with Crippen molar-refractivity contribution in [2.24, 2.45) is 5.73 Å². The molecular formula is C12H15F3N2S. The molecule has 2 N–H and O–H groups in total. The van der Waals surface area contributed by atoms with Gasteiger partial charge in [0.15, 0.2) is 0 Å². The van der Waals surface area contributed by atoms with E-state index in [0.717, 1.165) is 12.1 Å². The molecule has 6 heteroatoms. The second kappa shape index (κ2) is 5.67. The molecule has 1 aromatic rings. The average Bonchev–Trinajstić information content (AvgIpc) is 2.27. The summed E-state index contributed by atoms with van der Waals surface area (Å²) < 4.78 is 37.6. The highest BCUT2D eigenvalue weighted by atomic mass is 32.1. The van der Waals surface area contributed by atoms with Crippen molar-refractivity contribution in [3.05, 3.63) is 35.4 Å². The van der Waals surface area contributed by atoms with Gasteiger partial charge in [-0.1, -0.05) is 30.4 Å². The predicted octanol–water partition coefficient (Wildman–Crippen LogP) is 2.81. The van der Waals surface area contributed by atoms with Crippen LogP contribution >= 0.6 is 12.2 Å². The molecule has 0 aliphatic rings. The molecule has 0 fully saturated rings. The number of rotatable bonds is 4. The normalized spacial score (nSPS) is 13.7. The van der Waals surface area contributed by atoms with Gasteiger partial charge in [0.1, 0.15) is 0 Å². The van der Waals surface area contributed by atoms with Crippen molar-refractivity contribution in [3.63, 3.8) is 0 Å². The van der Waals surface area contributed by atoms with Crippen molar-refractivity contribution in [2.75, 3.05) is 7.05 Å². The number of hydrogen-bond donors (Lipinski definition) is 1. The Morgan fingerprint density at radius 3 is 2.56 bits per heavy atom. The van der Waals surface area contributed by atoms with Gasteiger partial charge < -0.3 is 5.73 Å². The van der Waals surface area contributed by atoms with Crippen molar-refractivity contribution in [1.29, 1.82) is 0 Å². The molecule has 0 radical (unpaired) electrons. The van der Waals surface area contributed by atoms with E-state index in [0.29, 0.717) is 17.1 Å². The van der Waals surface area contributed by atoms with Gasteiger partial charge in [-0.3, -0.25) is 4.90 Å². The second-order valence-electron chi connectivity index (χ2n) is 4.19. The lowest BCUT2D eigenvalue weighted by Crippen LogP contribution is -2.38. The Morgan fingerprint density at radius 2 is 2.06 bits per heavy atom. The van der Waals surface area contributed by atoms with Crippen molar-refractivity contribution in [1.82, 2.24) is 4.90 Å². The molecule has 2 nitrogen and oxygen atoms in total. The zero-order chi connectivity index (χ0) is 13.9. The van der Waals surface area contributed by atoms with E-state index in [1.807, 2.05) is 6.92 Å². The van der Waals surface area contributed by atoms with Crippen LogP contribution in [0.15, 0.2) is 24.3 Å². The fraction of sp³-hybridized carbons (Fsp3) is 0.417. The molecule has 0 saturated heterocycles. The molecule has 0 heterocycles. The lowest BCUT2D eigenvalue weighted by molar-refractivity contribution is -0.137. The third-order valence-electron chi connectivity index (χ3n) is 2.76. The van der Waals surface area contributed by atoms with E-state index in [2.05, 4.69) is 0 Å². The van der Waals surface area contributed by atoms with Crippen LogP contribution in [0.1, 0.15) is 18.1 Å². The molecule has 0 bridgehead atoms. The van der Waals surface area contributed by atoms with Gasteiger partial charge in [0.05, 0.1) is 16.6 Å². The number of benzene rings is 1. The first-order valence-electron chi connectivity index (χ1n) is 5.37.